The monoisotopic (exact) mass is 436 g/mol. The van der Waals surface area contributed by atoms with Crippen molar-refractivity contribution in [2.24, 2.45) is 0 Å². The first-order valence-electron chi connectivity index (χ1n) is 11.9. The average molecular weight is 437 g/mol. The van der Waals surface area contributed by atoms with E-state index in [1.807, 2.05) is 22.9 Å². The fourth-order valence-corrected chi connectivity index (χ4v) is 5.12. The summed E-state index contributed by atoms with van der Waals surface area (Å²) in [7, 11) is 0. The lowest BCUT2D eigenvalue weighted by molar-refractivity contribution is 0.0659. The molecule has 1 saturated heterocycles. The van der Waals surface area contributed by atoms with Crippen LogP contribution in [0.2, 0.25) is 0 Å². The molecule has 0 amide bonds. The molecule has 8 nitrogen and oxygen atoms in total. The van der Waals surface area contributed by atoms with E-state index < -0.39 is 0 Å². The highest BCUT2D eigenvalue weighted by atomic mass is 16.5. The third kappa shape index (κ3) is 4.76. The van der Waals surface area contributed by atoms with E-state index in [9.17, 15) is 4.79 Å². The van der Waals surface area contributed by atoms with E-state index in [1.165, 1.54) is 24.8 Å². The molecular weight excluding hydrogens is 404 g/mol. The third-order valence-electron chi connectivity index (χ3n) is 6.80. The number of hydrogen-bond acceptors (Lipinski definition) is 6. The van der Waals surface area contributed by atoms with Gasteiger partial charge in [0.15, 0.2) is 5.82 Å². The Morgan fingerprint density at radius 3 is 2.81 bits per heavy atom. The van der Waals surface area contributed by atoms with Crippen molar-refractivity contribution in [2.75, 3.05) is 13.2 Å². The van der Waals surface area contributed by atoms with Gasteiger partial charge in [-0.1, -0.05) is 30.9 Å². The Hall–Kier alpha value is -2.58. The summed E-state index contributed by atoms with van der Waals surface area (Å²) in [6.07, 6.45) is 8.36. The highest BCUT2D eigenvalue weighted by Crippen LogP contribution is 2.28. The number of H-pyrrole nitrogens is 1. The third-order valence-corrected chi connectivity index (χ3v) is 6.80. The molecule has 32 heavy (non-hydrogen) atoms. The van der Waals surface area contributed by atoms with Crippen molar-refractivity contribution in [3.05, 3.63) is 51.6 Å². The van der Waals surface area contributed by atoms with Gasteiger partial charge >= 0.3 is 0 Å². The zero-order valence-electron chi connectivity index (χ0n) is 18.8. The number of tetrazole rings is 1. The molecule has 0 bridgehead atoms. The average Bonchev–Trinajstić information content (AvgIpc) is 3.47. The number of hydrogen-bond donors (Lipinski definition) is 1. The summed E-state index contributed by atoms with van der Waals surface area (Å²) >= 11 is 0. The number of fused-ring (bicyclic) bond motifs is 1. The number of pyridine rings is 1. The Morgan fingerprint density at radius 1 is 1.12 bits per heavy atom. The minimum Gasteiger partial charge on any atom is -0.377 e. The van der Waals surface area contributed by atoms with Crippen molar-refractivity contribution in [1.29, 1.82) is 0 Å². The van der Waals surface area contributed by atoms with Crippen LogP contribution < -0.4 is 5.56 Å². The van der Waals surface area contributed by atoms with Crippen LogP contribution in [0.3, 0.4) is 0 Å². The normalized spacial score (nSPS) is 19.9. The fraction of sp³-hybridized carbons (Fsp3) is 0.583. The number of rotatable bonds is 7. The second kappa shape index (κ2) is 9.50. The number of aromatic nitrogens is 5. The molecule has 0 spiro atoms. The van der Waals surface area contributed by atoms with Crippen molar-refractivity contribution < 1.29 is 4.74 Å². The van der Waals surface area contributed by atoms with Gasteiger partial charge in [0.25, 0.3) is 5.56 Å². The van der Waals surface area contributed by atoms with Gasteiger partial charge in [0, 0.05) is 30.8 Å². The number of nitrogens with zero attached hydrogens (tertiary/aromatic N) is 5. The molecule has 170 valence electrons. The molecule has 3 aromatic rings. The number of aryl methyl sites for hydroxylation is 1. The van der Waals surface area contributed by atoms with Crippen molar-refractivity contribution >= 4 is 10.9 Å². The van der Waals surface area contributed by atoms with Crippen LogP contribution in [0.4, 0.5) is 0 Å². The van der Waals surface area contributed by atoms with Gasteiger partial charge in [-0.25, -0.2) is 4.68 Å². The summed E-state index contributed by atoms with van der Waals surface area (Å²) in [5.41, 5.74) is 2.78. The predicted octanol–water partition coefficient (Wildman–Crippen LogP) is 3.51. The van der Waals surface area contributed by atoms with Crippen molar-refractivity contribution in [3.63, 3.8) is 0 Å². The molecule has 2 aromatic heterocycles. The molecule has 5 rings (SSSR count). The first-order valence-corrected chi connectivity index (χ1v) is 11.9. The Labute approximate surface area is 188 Å². The lowest BCUT2D eigenvalue weighted by atomic mass is 9.95. The quantitative estimate of drug-likeness (QED) is 0.610. The van der Waals surface area contributed by atoms with Gasteiger partial charge in [-0.05, 0) is 66.6 Å². The molecule has 2 aliphatic rings. The number of benzene rings is 1. The van der Waals surface area contributed by atoms with Crippen molar-refractivity contribution in [3.8, 4) is 0 Å². The number of nitrogens with one attached hydrogen (secondary N) is 1. The van der Waals surface area contributed by atoms with Crippen LogP contribution in [0.1, 0.15) is 67.9 Å². The maximum Gasteiger partial charge on any atom is 0.252 e. The second-order valence-electron chi connectivity index (χ2n) is 9.35. The minimum absolute atomic E-state index is 0.0365. The van der Waals surface area contributed by atoms with E-state index in [4.69, 9.17) is 4.74 Å². The largest absolute Gasteiger partial charge is 0.377 e. The lowest BCUT2D eigenvalue weighted by Crippen LogP contribution is -2.34. The Balaban J connectivity index is 1.40. The van der Waals surface area contributed by atoms with Gasteiger partial charge in [-0.15, -0.1) is 5.10 Å². The molecule has 1 atom stereocenters. The highest BCUT2D eigenvalue weighted by Gasteiger charge is 2.25. The topological polar surface area (TPSA) is 88.9 Å². The summed E-state index contributed by atoms with van der Waals surface area (Å²) in [5.74, 6) is 0.878. The van der Waals surface area contributed by atoms with Crippen LogP contribution in [0.5, 0.6) is 0 Å². The summed E-state index contributed by atoms with van der Waals surface area (Å²) in [5, 5.41) is 13.7. The molecule has 0 radical (unpaired) electrons. The van der Waals surface area contributed by atoms with Crippen LogP contribution in [0.15, 0.2) is 29.1 Å². The van der Waals surface area contributed by atoms with E-state index in [1.54, 1.807) is 0 Å². The zero-order valence-corrected chi connectivity index (χ0v) is 18.8. The van der Waals surface area contributed by atoms with E-state index in [0.29, 0.717) is 19.1 Å². The van der Waals surface area contributed by atoms with Crippen LogP contribution in [0, 0.1) is 6.92 Å². The van der Waals surface area contributed by atoms with Crippen LogP contribution in [0.25, 0.3) is 10.9 Å². The molecule has 1 aliphatic carbocycles. The van der Waals surface area contributed by atoms with E-state index >= 15 is 0 Å². The number of aromatic amines is 1. The van der Waals surface area contributed by atoms with Crippen molar-refractivity contribution in [2.45, 2.75) is 77.1 Å². The zero-order chi connectivity index (χ0) is 21.9. The SMILES string of the molecule is Cc1ccc2[nH]c(=O)c(CN(Cc3nnnn3C3CCCCC3)CC3CCCO3)cc2c1. The summed E-state index contributed by atoms with van der Waals surface area (Å²) < 4.78 is 7.94. The molecular formula is C24H32N6O2. The molecule has 1 N–H and O–H groups in total. The van der Waals surface area contributed by atoms with Crippen LogP contribution in [-0.4, -0.2) is 49.3 Å². The Bertz CT molecular complexity index is 1110. The molecule has 8 heteroatoms. The predicted molar refractivity (Wildman–Crippen MR) is 122 cm³/mol. The van der Waals surface area contributed by atoms with Gasteiger partial charge in [0.2, 0.25) is 0 Å². The molecule has 1 saturated carbocycles. The summed E-state index contributed by atoms with van der Waals surface area (Å²) in [6.45, 7) is 4.79. The van der Waals surface area contributed by atoms with Gasteiger partial charge in [0.05, 0.1) is 18.7 Å². The molecule has 1 aliphatic heterocycles. The van der Waals surface area contributed by atoms with Gasteiger partial charge in [-0.3, -0.25) is 9.69 Å². The molecule has 1 aromatic carbocycles. The summed E-state index contributed by atoms with van der Waals surface area (Å²) in [4.78, 5) is 18.2. The Kier molecular flexibility index (Phi) is 6.32. The lowest BCUT2D eigenvalue weighted by Gasteiger charge is -2.27. The van der Waals surface area contributed by atoms with E-state index in [-0.39, 0.29) is 11.7 Å². The van der Waals surface area contributed by atoms with E-state index in [0.717, 1.165) is 61.1 Å². The first kappa shape index (κ1) is 21.3. The fourth-order valence-electron chi connectivity index (χ4n) is 5.12. The second-order valence-corrected chi connectivity index (χ2v) is 9.35. The number of ether oxygens (including phenoxy) is 1. The van der Waals surface area contributed by atoms with Crippen LogP contribution in [-0.2, 0) is 17.8 Å². The minimum atomic E-state index is -0.0365. The Morgan fingerprint density at radius 2 is 2.00 bits per heavy atom. The van der Waals surface area contributed by atoms with E-state index in [2.05, 4.69) is 38.4 Å². The standard InChI is InChI=1S/C24H32N6O2/c1-17-9-10-22-18(12-17)13-19(24(31)25-22)14-29(15-21-8-5-11-32-21)16-23-26-27-28-30(23)20-6-3-2-4-7-20/h9-10,12-13,20-21H,2-8,11,14-16H2,1H3,(H,25,31). The van der Waals surface area contributed by atoms with Gasteiger partial charge in [-0.2, -0.15) is 0 Å². The van der Waals surface area contributed by atoms with Crippen molar-refractivity contribution in [1.82, 2.24) is 30.1 Å². The van der Waals surface area contributed by atoms with Gasteiger partial charge in [0.1, 0.15) is 0 Å². The maximum absolute atomic E-state index is 12.8. The molecule has 2 fully saturated rings. The maximum atomic E-state index is 12.8. The summed E-state index contributed by atoms with van der Waals surface area (Å²) in [6, 6.07) is 8.51. The molecule has 3 heterocycles. The smallest absolute Gasteiger partial charge is 0.252 e. The highest BCUT2D eigenvalue weighted by molar-refractivity contribution is 5.79. The molecule has 1 unspecified atom stereocenters. The van der Waals surface area contributed by atoms with Gasteiger partial charge < -0.3 is 9.72 Å². The first-order chi connectivity index (χ1) is 15.7. The van der Waals surface area contributed by atoms with Crippen LogP contribution >= 0.6 is 0 Å².